The van der Waals surface area contributed by atoms with Crippen molar-refractivity contribution in [2.45, 2.75) is 45.1 Å². The molecule has 3 rings (SSSR count). The van der Waals surface area contributed by atoms with E-state index in [-0.39, 0.29) is 0 Å². The number of ether oxygens (including phenoxy) is 1. The number of halogens is 1. The van der Waals surface area contributed by atoms with Crippen LogP contribution in [0.25, 0.3) is 10.9 Å². The SMILES string of the molecule is CO.COc1c(Br)cc2cn(C3CCCCC3)nc2c1C. The first-order valence-electron chi connectivity index (χ1n) is 7.37. The van der Waals surface area contributed by atoms with Gasteiger partial charge < -0.3 is 9.84 Å². The van der Waals surface area contributed by atoms with Crippen molar-refractivity contribution in [1.82, 2.24) is 9.78 Å². The minimum absolute atomic E-state index is 0.574. The minimum Gasteiger partial charge on any atom is -0.495 e. The van der Waals surface area contributed by atoms with E-state index in [1.54, 1.807) is 7.11 Å². The van der Waals surface area contributed by atoms with Crippen LogP contribution in [-0.2, 0) is 0 Å². The van der Waals surface area contributed by atoms with Crippen molar-refractivity contribution in [3.8, 4) is 5.75 Å². The van der Waals surface area contributed by atoms with Crippen LogP contribution in [0.2, 0.25) is 0 Å². The maximum atomic E-state index is 7.00. The van der Waals surface area contributed by atoms with Crippen LogP contribution >= 0.6 is 15.9 Å². The fourth-order valence-electron chi connectivity index (χ4n) is 3.07. The summed E-state index contributed by atoms with van der Waals surface area (Å²) in [6, 6.07) is 2.68. The van der Waals surface area contributed by atoms with Crippen molar-refractivity contribution in [1.29, 1.82) is 0 Å². The first-order chi connectivity index (χ1) is 10.2. The summed E-state index contributed by atoms with van der Waals surface area (Å²) in [7, 11) is 2.71. The average Bonchev–Trinajstić information content (AvgIpc) is 2.95. The number of hydrogen-bond donors (Lipinski definition) is 1. The Bertz CT molecular complexity index is 604. The van der Waals surface area contributed by atoms with Crippen LogP contribution in [0.5, 0.6) is 5.75 Å². The van der Waals surface area contributed by atoms with E-state index in [1.807, 2.05) is 0 Å². The number of aliphatic hydroxyl groups is 1. The van der Waals surface area contributed by atoms with E-state index in [0.717, 1.165) is 28.4 Å². The molecule has 0 bridgehead atoms. The van der Waals surface area contributed by atoms with Gasteiger partial charge in [0.15, 0.2) is 0 Å². The van der Waals surface area contributed by atoms with Crippen molar-refractivity contribution < 1.29 is 9.84 Å². The number of aryl methyl sites for hydroxylation is 1. The molecule has 0 atom stereocenters. The number of aliphatic hydroxyl groups excluding tert-OH is 1. The summed E-state index contributed by atoms with van der Waals surface area (Å²) in [4.78, 5) is 0. The molecule has 1 aromatic carbocycles. The van der Waals surface area contributed by atoms with Gasteiger partial charge in [0.25, 0.3) is 0 Å². The van der Waals surface area contributed by atoms with Crippen molar-refractivity contribution in [2.75, 3.05) is 14.2 Å². The Balaban J connectivity index is 0.000000774. The lowest BCUT2D eigenvalue weighted by molar-refractivity contribution is 0.331. The third-order valence-electron chi connectivity index (χ3n) is 4.11. The molecule has 5 heteroatoms. The molecule has 1 heterocycles. The van der Waals surface area contributed by atoms with Gasteiger partial charge in [0, 0.05) is 24.3 Å². The summed E-state index contributed by atoms with van der Waals surface area (Å²) >= 11 is 3.57. The molecule has 0 radical (unpaired) electrons. The van der Waals surface area contributed by atoms with Gasteiger partial charge in [-0.05, 0) is 41.8 Å². The van der Waals surface area contributed by atoms with Gasteiger partial charge in [-0.2, -0.15) is 5.10 Å². The number of rotatable bonds is 2. The Morgan fingerprint density at radius 2 is 1.95 bits per heavy atom. The highest BCUT2D eigenvalue weighted by atomic mass is 79.9. The van der Waals surface area contributed by atoms with E-state index in [4.69, 9.17) is 14.9 Å². The largest absolute Gasteiger partial charge is 0.495 e. The molecular formula is C16H23BrN2O2. The average molecular weight is 355 g/mol. The van der Waals surface area contributed by atoms with Crippen molar-refractivity contribution in [3.05, 3.63) is 22.3 Å². The van der Waals surface area contributed by atoms with Crippen molar-refractivity contribution in [3.63, 3.8) is 0 Å². The number of fused-ring (bicyclic) bond motifs is 1. The highest BCUT2D eigenvalue weighted by Gasteiger charge is 2.18. The summed E-state index contributed by atoms with van der Waals surface area (Å²) in [6.45, 7) is 2.07. The molecule has 4 nitrogen and oxygen atoms in total. The van der Waals surface area contributed by atoms with Gasteiger partial charge in [0.2, 0.25) is 0 Å². The second kappa shape index (κ2) is 7.27. The lowest BCUT2D eigenvalue weighted by Gasteiger charge is -2.21. The molecule has 1 fully saturated rings. The van der Waals surface area contributed by atoms with Crippen LogP contribution in [-0.4, -0.2) is 29.1 Å². The van der Waals surface area contributed by atoms with E-state index in [2.05, 4.69) is 39.8 Å². The zero-order valence-electron chi connectivity index (χ0n) is 12.9. The maximum absolute atomic E-state index is 7.00. The molecule has 21 heavy (non-hydrogen) atoms. The molecule has 1 aliphatic rings. The predicted molar refractivity (Wildman–Crippen MR) is 89.0 cm³/mol. The molecule has 2 aromatic rings. The van der Waals surface area contributed by atoms with Crippen LogP contribution in [0.4, 0.5) is 0 Å². The Hall–Kier alpha value is -1.07. The second-order valence-corrected chi connectivity index (χ2v) is 6.21. The third-order valence-corrected chi connectivity index (χ3v) is 4.70. The molecule has 1 saturated carbocycles. The van der Waals surface area contributed by atoms with E-state index < -0.39 is 0 Å². The molecule has 1 aliphatic carbocycles. The van der Waals surface area contributed by atoms with Crippen LogP contribution in [0.3, 0.4) is 0 Å². The number of aromatic nitrogens is 2. The molecule has 0 amide bonds. The van der Waals surface area contributed by atoms with Crippen molar-refractivity contribution in [2.24, 2.45) is 0 Å². The van der Waals surface area contributed by atoms with E-state index in [0.29, 0.717) is 6.04 Å². The predicted octanol–water partition coefficient (Wildman–Crippen LogP) is 4.23. The fraction of sp³-hybridized carbons (Fsp3) is 0.562. The Kier molecular flexibility index (Phi) is 5.65. The van der Waals surface area contributed by atoms with Gasteiger partial charge in [-0.25, -0.2) is 0 Å². The van der Waals surface area contributed by atoms with Gasteiger partial charge in [-0.15, -0.1) is 0 Å². The normalized spacial score (nSPS) is 15.7. The second-order valence-electron chi connectivity index (χ2n) is 5.36. The molecule has 1 aromatic heterocycles. The van der Waals surface area contributed by atoms with E-state index >= 15 is 0 Å². The third kappa shape index (κ3) is 3.24. The minimum atomic E-state index is 0.574. The Morgan fingerprint density at radius 1 is 1.29 bits per heavy atom. The van der Waals surface area contributed by atoms with Crippen molar-refractivity contribution >= 4 is 26.8 Å². The number of benzene rings is 1. The highest BCUT2D eigenvalue weighted by Crippen LogP contribution is 2.36. The summed E-state index contributed by atoms with van der Waals surface area (Å²) in [6.07, 6.45) is 8.72. The van der Waals surface area contributed by atoms with Gasteiger partial charge in [-0.3, -0.25) is 4.68 Å². The van der Waals surface area contributed by atoms with Crippen LogP contribution in [0.1, 0.15) is 43.7 Å². The zero-order chi connectivity index (χ0) is 15.4. The summed E-state index contributed by atoms with van der Waals surface area (Å²) in [5.74, 6) is 0.890. The number of hydrogen-bond acceptors (Lipinski definition) is 3. The summed E-state index contributed by atoms with van der Waals surface area (Å²) in [5, 5.41) is 13.0. The Morgan fingerprint density at radius 3 is 2.57 bits per heavy atom. The highest BCUT2D eigenvalue weighted by molar-refractivity contribution is 9.10. The molecular weight excluding hydrogens is 332 g/mol. The molecule has 0 saturated heterocycles. The smallest absolute Gasteiger partial charge is 0.138 e. The lowest BCUT2D eigenvalue weighted by atomic mass is 9.96. The molecule has 0 spiro atoms. The van der Waals surface area contributed by atoms with Gasteiger partial charge in [0.05, 0.1) is 23.1 Å². The van der Waals surface area contributed by atoms with Crippen LogP contribution in [0, 0.1) is 6.92 Å². The van der Waals surface area contributed by atoms with Crippen LogP contribution < -0.4 is 4.74 Å². The lowest BCUT2D eigenvalue weighted by Crippen LogP contribution is -2.12. The quantitative estimate of drug-likeness (QED) is 0.877. The maximum Gasteiger partial charge on any atom is 0.138 e. The molecule has 0 unspecified atom stereocenters. The first-order valence-corrected chi connectivity index (χ1v) is 8.16. The molecule has 116 valence electrons. The van der Waals surface area contributed by atoms with Gasteiger partial charge in [-0.1, -0.05) is 19.3 Å². The van der Waals surface area contributed by atoms with Gasteiger partial charge in [0.1, 0.15) is 5.75 Å². The standard InChI is InChI=1S/C15H19BrN2O.CH4O/c1-10-14-11(8-13(16)15(10)19-2)9-18(17-14)12-6-4-3-5-7-12;1-2/h8-9,12H,3-7H2,1-2H3;2H,1H3. The molecule has 0 aliphatic heterocycles. The topological polar surface area (TPSA) is 47.3 Å². The first kappa shape index (κ1) is 16.3. The van der Waals surface area contributed by atoms with E-state index in [1.165, 1.54) is 37.5 Å². The van der Waals surface area contributed by atoms with Crippen LogP contribution in [0.15, 0.2) is 16.7 Å². The van der Waals surface area contributed by atoms with E-state index in [9.17, 15) is 0 Å². The van der Waals surface area contributed by atoms with Gasteiger partial charge >= 0.3 is 0 Å². The number of methoxy groups -OCH3 is 1. The fourth-order valence-corrected chi connectivity index (χ4v) is 3.78. The summed E-state index contributed by atoms with van der Waals surface area (Å²) < 4.78 is 8.61. The summed E-state index contributed by atoms with van der Waals surface area (Å²) in [5.41, 5.74) is 2.17. The zero-order valence-corrected chi connectivity index (χ0v) is 14.5. The monoisotopic (exact) mass is 354 g/mol. The Labute approximate surface area is 134 Å². The molecule has 1 N–H and O–H groups in total. The number of nitrogens with zero attached hydrogens (tertiary/aromatic N) is 2.